The highest BCUT2D eigenvalue weighted by atomic mass is 19.4. The number of hydrogen-bond donors (Lipinski definition) is 2. The third kappa shape index (κ3) is 7.28. The molecule has 0 heterocycles. The van der Waals surface area contributed by atoms with Gasteiger partial charge in [0.1, 0.15) is 17.2 Å². The molecule has 0 bridgehead atoms. The van der Waals surface area contributed by atoms with Crippen LogP contribution in [-0.2, 0) is 25.2 Å². The molecule has 1 unspecified atom stereocenters. The Kier molecular flexibility index (Phi) is 7.28. The average Bonchev–Trinajstić information content (AvgIpc) is 2.56. The zero-order valence-electron chi connectivity index (χ0n) is 17.1. The van der Waals surface area contributed by atoms with Gasteiger partial charge < -0.3 is 20.1 Å². The van der Waals surface area contributed by atoms with Crippen LogP contribution in [0.2, 0.25) is 0 Å². The summed E-state index contributed by atoms with van der Waals surface area (Å²) in [6.45, 7) is 7.48. The Bertz CT molecular complexity index is 770. The van der Waals surface area contributed by atoms with Gasteiger partial charge in [0.05, 0.1) is 12.7 Å². The van der Waals surface area contributed by atoms with Crippen LogP contribution in [0.3, 0.4) is 0 Å². The molecule has 1 rings (SSSR count). The quantitative estimate of drug-likeness (QED) is 0.716. The summed E-state index contributed by atoms with van der Waals surface area (Å²) in [4.78, 5) is 36.8. The molecule has 0 aliphatic carbocycles. The van der Waals surface area contributed by atoms with Gasteiger partial charge in [-0.2, -0.15) is 13.2 Å². The lowest BCUT2D eigenvalue weighted by molar-refractivity contribution is -0.149. The van der Waals surface area contributed by atoms with Gasteiger partial charge in [0.15, 0.2) is 0 Å². The van der Waals surface area contributed by atoms with Crippen LogP contribution in [0.25, 0.3) is 0 Å². The van der Waals surface area contributed by atoms with Gasteiger partial charge in [0.2, 0.25) is 5.91 Å². The molecular formula is C19H25F3N2O5. The van der Waals surface area contributed by atoms with Crippen molar-refractivity contribution in [1.29, 1.82) is 0 Å². The van der Waals surface area contributed by atoms with Gasteiger partial charge in [-0.05, 0) is 52.3 Å². The highest BCUT2D eigenvalue weighted by molar-refractivity contribution is 5.92. The van der Waals surface area contributed by atoms with Crippen LogP contribution in [0.4, 0.5) is 18.0 Å². The first kappa shape index (κ1) is 24.3. The first-order chi connectivity index (χ1) is 13.1. The lowest BCUT2D eigenvalue weighted by Crippen LogP contribution is -2.54. The van der Waals surface area contributed by atoms with Crippen LogP contribution in [0.15, 0.2) is 24.3 Å². The highest BCUT2D eigenvalue weighted by Crippen LogP contribution is 2.31. The second kappa shape index (κ2) is 8.71. The molecule has 2 amide bonds. The number of methoxy groups -OCH3 is 1. The molecular weight excluding hydrogens is 393 g/mol. The van der Waals surface area contributed by atoms with E-state index in [2.05, 4.69) is 15.4 Å². The number of carbonyl (C=O) groups excluding carboxylic acids is 3. The summed E-state index contributed by atoms with van der Waals surface area (Å²) in [5, 5.41) is 4.62. The highest BCUT2D eigenvalue weighted by Gasteiger charge is 2.36. The van der Waals surface area contributed by atoms with E-state index in [0.717, 1.165) is 25.3 Å². The molecule has 0 aromatic heterocycles. The summed E-state index contributed by atoms with van der Waals surface area (Å²) in [6, 6.07) is 2.40. The van der Waals surface area contributed by atoms with Crippen LogP contribution in [0.1, 0.15) is 51.8 Å². The Morgan fingerprint density at radius 1 is 1.03 bits per heavy atom. The normalized spacial score (nSPS) is 13.3. The van der Waals surface area contributed by atoms with E-state index in [-0.39, 0.29) is 5.56 Å². The predicted molar refractivity (Wildman–Crippen MR) is 97.8 cm³/mol. The molecule has 1 atom stereocenters. The summed E-state index contributed by atoms with van der Waals surface area (Å²) in [6.07, 6.45) is -5.65. The zero-order chi connectivity index (χ0) is 22.6. The second-order valence-corrected chi connectivity index (χ2v) is 7.81. The first-order valence-corrected chi connectivity index (χ1v) is 8.64. The minimum Gasteiger partial charge on any atom is -0.467 e. The monoisotopic (exact) mass is 418 g/mol. The molecule has 1 aromatic carbocycles. The zero-order valence-corrected chi connectivity index (χ0v) is 17.1. The molecule has 0 aliphatic rings. The standard InChI is InChI=1S/C19H25F3N2O5/c1-17(2,3)29-16(27)23-13(14(25)24-18(4,5)15(26)28-6)11-8-7-9-12(10-11)19(20,21)22/h7-10,13H,1-6H3,(H,23,27)(H,24,25). The number of hydrogen-bond acceptors (Lipinski definition) is 5. The van der Waals surface area contributed by atoms with Gasteiger partial charge in [-0.15, -0.1) is 0 Å². The number of rotatable bonds is 5. The van der Waals surface area contributed by atoms with Gasteiger partial charge in [-0.3, -0.25) is 4.79 Å². The van der Waals surface area contributed by atoms with Gasteiger partial charge in [-0.1, -0.05) is 12.1 Å². The van der Waals surface area contributed by atoms with Gasteiger partial charge in [0.25, 0.3) is 0 Å². The van der Waals surface area contributed by atoms with Crippen molar-refractivity contribution in [3.05, 3.63) is 35.4 Å². The van der Waals surface area contributed by atoms with Crippen molar-refractivity contribution in [1.82, 2.24) is 10.6 Å². The Morgan fingerprint density at radius 2 is 1.62 bits per heavy atom. The van der Waals surface area contributed by atoms with E-state index in [4.69, 9.17) is 4.74 Å². The molecule has 0 spiro atoms. The Morgan fingerprint density at radius 3 is 2.10 bits per heavy atom. The summed E-state index contributed by atoms with van der Waals surface area (Å²) in [5.41, 5.74) is -3.51. The van der Waals surface area contributed by atoms with Crippen molar-refractivity contribution in [2.24, 2.45) is 0 Å². The predicted octanol–water partition coefficient (Wildman–Crippen LogP) is 3.34. The number of nitrogens with one attached hydrogen (secondary N) is 2. The molecule has 1 aromatic rings. The minimum atomic E-state index is -4.64. The number of carbonyl (C=O) groups is 3. The van der Waals surface area contributed by atoms with E-state index in [9.17, 15) is 27.6 Å². The van der Waals surface area contributed by atoms with Crippen LogP contribution >= 0.6 is 0 Å². The molecule has 10 heteroatoms. The minimum absolute atomic E-state index is 0.135. The summed E-state index contributed by atoms with van der Waals surface area (Å²) in [7, 11) is 1.12. The number of halogens is 3. The maximum absolute atomic E-state index is 13.1. The fourth-order valence-corrected chi connectivity index (χ4v) is 2.31. The van der Waals surface area contributed by atoms with Crippen molar-refractivity contribution >= 4 is 18.0 Å². The number of benzene rings is 1. The van der Waals surface area contributed by atoms with Gasteiger partial charge >= 0.3 is 18.2 Å². The van der Waals surface area contributed by atoms with Crippen molar-refractivity contribution in [3.63, 3.8) is 0 Å². The number of alkyl halides is 3. The van der Waals surface area contributed by atoms with E-state index >= 15 is 0 Å². The SMILES string of the molecule is COC(=O)C(C)(C)NC(=O)C(NC(=O)OC(C)(C)C)c1cccc(C(F)(F)F)c1. The smallest absolute Gasteiger partial charge is 0.416 e. The summed E-state index contributed by atoms with van der Waals surface area (Å²) in [5.74, 6) is -1.68. The van der Waals surface area contributed by atoms with Crippen LogP contribution in [-0.4, -0.2) is 36.2 Å². The molecule has 0 radical (unpaired) electrons. The number of esters is 1. The molecule has 29 heavy (non-hydrogen) atoms. The van der Waals surface area contributed by atoms with E-state index < -0.39 is 46.9 Å². The second-order valence-electron chi connectivity index (χ2n) is 7.81. The van der Waals surface area contributed by atoms with Crippen LogP contribution < -0.4 is 10.6 Å². The summed E-state index contributed by atoms with van der Waals surface area (Å²) < 4.78 is 48.9. The largest absolute Gasteiger partial charge is 0.467 e. The average molecular weight is 418 g/mol. The maximum Gasteiger partial charge on any atom is 0.416 e. The van der Waals surface area contributed by atoms with Crippen LogP contribution in [0.5, 0.6) is 0 Å². The van der Waals surface area contributed by atoms with Crippen molar-refractivity contribution in [3.8, 4) is 0 Å². The molecule has 0 aliphatic heterocycles. The third-order valence-corrected chi connectivity index (χ3v) is 3.60. The molecule has 0 fully saturated rings. The molecule has 7 nitrogen and oxygen atoms in total. The van der Waals surface area contributed by atoms with E-state index in [0.29, 0.717) is 0 Å². The molecule has 162 valence electrons. The fourth-order valence-electron chi connectivity index (χ4n) is 2.31. The van der Waals surface area contributed by atoms with Crippen molar-refractivity contribution in [2.75, 3.05) is 7.11 Å². The summed E-state index contributed by atoms with van der Waals surface area (Å²) >= 11 is 0. The first-order valence-electron chi connectivity index (χ1n) is 8.64. The lowest BCUT2D eigenvalue weighted by atomic mass is 10.0. The van der Waals surface area contributed by atoms with Crippen molar-refractivity contribution < 1.29 is 37.0 Å². The molecule has 0 saturated carbocycles. The number of amides is 2. The third-order valence-electron chi connectivity index (χ3n) is 3.60. The Hall–Kier alpha value is -2.78. The molecule has 0 saturated heterocycles. The molecule has 2 N–H and O–H groups in total. The number of alkyl carbamates (subject to hydrolysis) is 1. The topological polar surface area (TPSA) is 93.7 Å². The van der Waals surface area contributed by atoms with E-state index in [1.165, 1.54) is 19.9 Å². The lowest BCUT2D eigenvalue weighted by Gasteiger charge is -2.28. The number of ether oxygens (including phenoxy) is 2. The van der Waals surface area contributed by atoms with Crippen LogP contribution in [0, 0.1) is 0 Å². The maximum atomic E-state index is 13.1. The Labute approximate surface area is 166 Å². The fraction of sp³-hybridized carbons (Fsp3) is 0.526. The van der Waals surface area contributed by atoms with E-state index in [1.807, 2.05) is 0 Å². The Balaban J connectivity index is 3.27. The van der Waals surface area contributed by atoms with Crippen molar-refractivity contribution in [2.45, 2.75) is 58.0 Å². The van der Waals surface area contributed by atoms with Gasteiger partial charge in [-0.25, -0.2) is 9.59 Å². The van der Waals surface area contributed by atoms with E-state index in [1.54, 1.807) is 20.8 Å². The van der Waals surface area contributed by atoms with Gasteiger partial charge in [0, 0.05) is 0 Å².